The Bertz CT molecular complexity index is 455. The van der Waals surface area contributed by atoms with Crippen LogP contribution in [-0.4, -0.2) is 17.4 Å². The molecule has 1 aromatic carbocycles. The number of rotatable bonds is 3. The molecule has 0 aliphatic heterocycles. The van der Waals surface area contributed by atoms with Gasteiger partial charge in [0.25, 0.3) is 0 Å². The molecule has 3 nitrogen and oxygen atoms in total. The number of carboxylic acids is 1. The number of ether oxygens (including phenoxy) is 1. The van der Waals surface area contributed by atoms with E-state index in [1.807, 2.05) is 0 Å². The van der Waals surface area contributed by atoms with Gasteiger partial charge in [-0.2, -0.15) is 0 Å². The number of alkyl halides is 3. The first-order chi connectivity index (χ1) is 7.79. The molecule has 0 aliphatic rings. The van der Waals surface area contributed by atoms with Crippen molar-refractivity contribution in [3.8, 4) is 5.75 Å². The van der Waals surface area contributed by atoms with Crippen molar-refractivity contribution in [2.24, 2.45) is 0 Å². The van der Waals surface area contributed by atoms with Gasteiger partial charge in [-0.05, 0) is 18.2 Å². The molecule has 1 rings (SSSR count). The van der Waals surface area contributed by atoms with E-state index in [0.29, 0.717) is 6.08 Å². The molecule has 1 aromatic rings. The molecule has 0 amide bonds. The fraction of sp³-hybridized carbons (Fsp3) is 0.100. The highest BCUT2D eigenvalue weighted by Crippen LogP contribution is 2.31. The van der Waals surface area contributed by atoms with E-state index in [2.05, 4.69) is 4.74 Å². The molecule has 1 N–H and O–H groups in total. The van der Waals surface area contributed by atoms with Crippen LogP contribution < -0.4 is 4.74 Å². The van der Waals surface area contributed by atoms with Gasteiger partial charge in [0.1, 0.15) is 5.75 Å². The quantitative estimate of drug-likeness (QED) is 0.854. The van der Waals surface area contributed by atoms with Gasteiger partial charge in [-0.1, -0.05) is 17.7 Å². The molecule has 0 fully saturated rings. The third kappa shape index (κ3) is 4.36. The van der Waals surface area contributed by atoms with Crippen molar-refractivity contribution in [1.82, 2.24) is 0 Å². The molecular formula is C10H6ClF3O3. The van der Waals surface area contributed by atoms with Crippen molar-refractivity contribution in [3.63, 3.8) is 0 Å². The lowest BCUT2D eigenvalue weighted by atomic mass is 10.2. The van der Waals surface area contributed by atoms with Crippen LogP contribution >= 0.6 is 11.6 Å². The van der Waals surface area contributed by atoms with Gasteiger partial charge in [0.15, 0.2) is 0 Å². The zero-order valence-electron chi connectivity index (χ0n) is 8.16. The smallest absolute Gasteiger partial charge is 0.478 e. The Balaban J connectivity index is 3.13. The molecule has 17 heavy (non-hydrogen) atoms. The lowest BCUT2D eigenvalue weighted by Crippen LogP contribution is -2.17. The van der Waals surface area contributed by atoms with Crippen molar-refractivity contribution >= 4 is 23.6 Å². The summed E-state index contributed by atoms with van der Waals surface area (Å²) in [4.78, 5) is 10.3. The predicted molar refractivity (Wildman–Crippen MR) is 54.8 cm³/mol. The number of carboxylic acid groups (broad SMARTS) is 1. The fourth-order valence-corrected chi connectivity index (χ4v) is 1.28. The van der Waals surface area contributed by atoms with Crippen LogP contribution in [0.25, 0.3) is 6.08 Å². The SMILES string of the molecule is O=C(O)/C=C/c1c(Cl)cccc1OC(F)(F)F. The van der Waals surface area contributed by atoms with E-state index in [1.165, 1.54) is 12.1 Å². The normalized spacial score (nSPS) is 11.8. The van der Waals surface area contributed by atoms with Crippen LogP contribution in [0.4, 0.5) is 13.2 Å². The van der Waals surface area contributed by atoms with Crippen molar-refractivity contribution < 1.29 is 27.8 Å². The molecule has 0 saturated heterocycles. The van der Waals surface area contributed by atoms with Gasteiger partial charge < -0.3 is 9.84 Å². The minimum atomic E-state index is -4.86. The van der Waals surface area contributed by atoms with Crippen LogP contribution in [0.2, 0.25) is 5.02 Å². The zero-order valence-corrected chi connectivity index (χ0v) is 8.92. The lowest BCUT2D eigenvalue weighted by molar-refractivity contribution is -0.274. The molecular weight excluding hydrogens is 261 g/mol. The van der Waals surface area contributed by atoms with Gasteiger partial charge in [-0.15, -0.1) is 13.2 Å². The Morgan fingerprint density at radius 1 is 1.41 bits per heavy atom. The zero-order chi connectivity index (χ0) is 13.1. The summed E-state index contributed by atoms with van der Waals surface area (Å²) in [7, 11) is 0. The van der Waals surface area contributed by atoms with Crippen molar-refractivity contribution in [2.75, 3.05) is 0 Å². The van der Waals surface area contributed by atoms with E-state index in [9.17, 15) is 18.0 Å². The summed E-state index contributed by atoms with van der Waals surface area (Å²) in [5.74, 6) is -1.86. The second-order valence-electron chi connectivity index (χ2n) is 2.87. The summed E-state index contributed by atoms with van der Waals surface area (Å²) in [6.45, 7) is 0. The molecule has 0 aromatic heterocycles. The lowest BCUT2D eigenvalue weighted by Gasteiger charge is -2.12. The summed E-state index contributed by atoms with van der Waals surface area (Å²) in [6, 6.07) is 3.63. The number of carbonyl (C=O) groups is 1. The van der Waals surface area contributed by atoms with Gasteiger partial charge in [0, 0.05) is 11.6 Å². The number of benzene rings is 1. The largest absolute Gasteiger partial charge is 0.573 e. The molecule has 0 aliphatic carbocycles. The van der Waals surface area contributed by atoms with Gasteiger partial charge in [-0.3, -0.25) is 0 Å². The van der Waals surface area contributed by atoms with Crippen LogP contribution in [0.3, 0.4) is 0 Å². The molecule has 0 saturated carbocycles. The van der Waals surface area contributed by atoms with Gasteiger partial charge in [-0.25, -0.2) is 4.79 Å². The van der Waals surface area contributed by atoms with Crippen molar-refractivity contribution in [2.45, 2.75) is 6.36 Å². The molecule has 0 radical (unpaired) electrons. The van der Waals surface area contributed by atoms with E-state index >= 15 is 0 Å². The second-order valence-corrected chi connectivity index (χ2v) is 3.28. The van der Waals surface area contributed by atoms with Crippen molar-refractivity contribution in [1.29, 1.82) is 0 Å². The standard InChI is InChI=1S/C10H6ClF3O3/c11-7-2-1-3-8(17-10(12,13)14)6(7)4-5-9(15)16/h1-5H,(H,15,16)/b5-4+. The Labute approximate surface area is 99.1 Å². The number of hydrogen-bond acceptors (Lipinski definition) is 2. The molecule has 0 unspecified atom stereocenters. The topological polar surface area (TPSA) is 46.5 Å². The van der Waals surface area contributed by atoms with Crippen LogP contribution in [0.5, 0.6) is 5.75 Å². The van der Waals surface area contributed by atoms with E-state index in [-0.39, 0.29) is 10.6 Å². The maximum Gasteiger partial charge on any atom is 0.573 e. The number of halogens is 4. The Kier molecular flexibility index (Phi) is 4.01. The minimum absolute atomic E-state index is 0.0377. The Hall–Kier alpha value is -1.69. The van der Waals surface area contributed by atoms with E-state index in [4.69, 9.17) is 16.7 Å². The van der Waals surface area contributed by atoms with Crippen LogP contribution in [0, 0.1) is 0 Å². The molecule has 0 spiro atoms. The minimum Gasteiger partial charge on any atom is -0.478 e. The highest BCUT2D eigenvalue weighted by atomic mass is 35.5. The summed E-state index contributed by atoms with van der Waals surface area (Å²) in [5, 5.41) is 8.36. The van der Waals surface area contributed by atoms with Crippen LogP contribution in [0.1, 0.15) is 5.56 Å². The highest BCUT2D eigenvalue weighted by Gasteiger charge is 2.32. The molecule has 0 heterocycles. The Morgan fingerprint density at radius 3 is 2.59 bits per heavy atom. The highest BCUT2D eigenvalue weighted by molar-refractivity contribution is 6.32. The van der Waals surface area contributed by atoms with Gasteiger partial charge in [0.05, 0.1) is 5.02 Å². The number of hydrogen-bond donors (Lipinski definition) is 1. The maximum absolute atomic E-state index is 12.0. The van der Waals surface area contributed by atoms with Crippen LogP contribution in [-0.2, 0) is 4.79 Å². The third-order valence-electron chi connectivity index (χ3n) is 1.63. The Morgan fingerprint density at radius 2 is 2.06 bits per heavy atom. The monoisotopic (exact) mass is 266 g/mol. The van der Waals surface area contributed by atoms with Gasteiger partial charge in [0.2, 0.25) is 0 Å². The first-order valence-corrected chi connectivity index (χ1v) is 4.62. The summed E-state index contributed by atoms with van der Waals surface area (Å²) in [6.07, 6.45) is -3.26. The summed E-state index contributed by atoms with van der Waals surface area (Å²) >= 11 is 5.65. The molecule has 92 valence electrons. The summed E-state index contributed by atoms with van der Waals surface area (Å²) < 4.78 is 39.9. The van der Waals surface area contributed by atoms with Crippen molar-refractivity contribution in [3.05, 3.63) is 34.9 Å². The fourth-order valence-electron chi connectivity index (χ4n) is 1.05. The van der Waals surface area contributed by atoms with Crippen LogP contribution in [0.15, 0.2) is 24.3 Å². The summed E-state index contributed by atoms with van der Waals surface area (Å²) in [5.41, 5.74) is -0.145. The molecule has 7 heteroatoms. The first-order valence-electron chi connectivity index (χ1n) is 4.25. The van der Waals surface area contributed by atoms with E-state index in [1.54, 1.807) is 0 Å². The third-order valence-corrected chi connectivity index (χ3v) is 1.96. The average molecular weight is 267 g/mol. The maximum atomic E-state index is 12.0. The second kappa shape index (κ2) is 5.09. The molecule has 0 bridgehead atoms. The number of aliphatic carboxylic acids is 1. The van der Waals surface area contributed by atoms with E-state index < -0.39 is 18.1 Å². The predicted octanol–water partition coefficient (Wildman–Crippen LogP) is 3.34. The first kappa shape index (κ1) is 13.4. The average Bonchev–Trinajstić information content (AvgIpc) is 2.13. The van der Waals surface area contributed by atoms with E-state index in [0.717, 1.165) is 12.1 Å². The van der Waals surface area contributed by atoms with Gasteiger partial charge >= 0.3 is 12.3 Å². The molecule has 0 atom stereocenters.